The van der Waals surface area contributed by atoms with Gasteiger partial charge in [-0.25, -0.2) is 0 Å². The summed E-state index contributed by atoms with van der Waals surface area (Å²) < 4.78 is 6.23. The number of rotatable bonds is 3. The number of nitrogens with zero attached hydrogens (tertiary/aromatic N) is 2. The zero-order chi connectivity index (χ0) is 11.7. The molecule has 0 amide bonds. The van der Waals surface area contributed by atoms with Crippen LogP contribution in [-0.2, 0) is 6.42 Å². The summed E-state index contributed by atoms with van der Waals surface area (Å²) in [5, 5.41) is 3.82. The van der Waals surface area contributed by atoms with E-state index in [1.165, 1.54) is 11.3 Å². The van der Waals surface area contributed by atoms with E-state index in [4.69, 9.17) is 33.5 Å². The van der Waals surface area contributed by atoms with Crippen LogP contribution >= 0.6 is 34.5 Å². The van der Waals surface area contributed by atoms with Gasteiger partial charge in [0.25, 0.3) is 5.89 Å². The number of hydrogen-bond acceptors (Lipinski definition) is 5. The fraction of sp³-hybridized carbons (Fsp3) is 0.333. The molecular formula is C9H9Cl2N3OS. The van der Waals surface area contributed by atoms with Crippen LogP contribution in [0.15, 0.2) is 10.6 Å². The van der Waals surface area contributed by atoms with Crippen LogP contribution in [-0.4, -0.2) is 16.2 Å². The first kappa shape index (κ1) is 11.9. The number of nitrogens with two attached hydrogens (primary N) is 1. The van der Waals surface area contributed by atoms with Crippen LogP contribution in [0.1, 0.15) is 12.7 Å². The summed E-state index contributed by atoms with van der Waals surface area (Å²) in [6.45, 7) is 1.88. The molecule has 0 saturated carbocycles. The Balaban J connectivity index is 2.28. The third-order valence-corrected chi connectivity index (χ3v) is 3.35. The van der Waals surface area contributed by atoms with Gasteiger partial charge in [0.2, 0.25) is 0 Å². The zero-order valence-electron chi connectivity index (χ0n) is 8.41. The van der Waals surface area contributed by atoms with Crippen LogP contribution in [0.4, 0.5) is 0 Å². The normalized spacial score (nSPS) is 13.0. The minimum absolute atomic E-state index is 0.00742. The summed E-state index contributed by atoms with van der Waals surface area (Å²) in [4.78, 5) is 4.20. The maximum absolute atomic E-state index is 5.98. The molecule has 0 fully saturated rings. The van der Waals surface area contributed by atoms with Crippen molar-refractivity contribution in [2.75, 3.05) is 0 Å². The minimum Gasteiger partial charge on any atom is -0.334 e. The van der Waals surface area contributed by atoms with Crippen molar-refractivity contribution >= 4 is 34.5 Å². The smallest absolute Gasteiger partial charge is 0.260 e. The van der Waals surface area contributed by atoms with E-state index in [1.807, 2.05) is 6.92 Å². The van der Waals surface area contributed by atoms with Gasteiger partial charge in [0.05, 0.1) is 9.90 Å². The Labute approximate surface area is 106 Å². The maximum atomic E-state index is 5.98. The Hall–Kier alpha value is -0.620. The fourth-order valence-electron chi connectivity index (χ4n) is 1.22. The number of hydrogen-bond donors (Lipinski definition) is 1. The van der Waals surface area contributed by atoms with Crippen LogP contribution in [0.5, 0.6) is 0 Å². The maximum Gasteiger partial charge on any atom is 0.260 e. The largest absolute Gasteiger partial charge is 0.334 e. The molecule has 1 atom stereocenters. The molecule has 2 rings (SSSR count). The first-order chi connectivity index (χ1) is 7.56. The summed E-state index contributed by atoms with van der Waals surface area (Å²) in [6, 6.07) is 1.70. The van der Waals surface area contributed by atoms with Gasteiger partial charge in [-0.05, 0) is 13.0 Å². The highest BCUT2D eigenvalue weighted by molar-refractivity contribution is 7.20. The van der Waals surface area contributed by atoms with Crippen LogP contribution in [0, 0.1) is 0 Å². The summed E-state index contributed by atoms with van der Waals surface area (Å²) in [5.74, 6) is 0.951. The predicted molar refractivity (Wildman–Crippen MR) is 65.0 cm³/mol. The van der Waals surface area contributed by atoms with Crippen molar-refractivity contribution in [3.63, 3.8) is 0 Å². The third kappa shape index (κ3) is 2.55. The van der Waals surface area contributed by atoms with E-state index in [-0.39, 0.29) is 6.04 Å². The van der Waals surface area contributed by atoms with Gasteiger partial charge in [-0.15, -0.1) is 11.3 Å². The predicted octanol–water partition coefficient (Wildman–Crippen LogP) is 2.99. The SMILES string of the molecule is CC(N)Cc1noc(-c2cc(Cl)sc2Cl)n1. The van der Waals surface area contributed by atoms with Gasteiger partial charge in [0.1, 0.15) is 4.34 Å². The molecule has 2 aromatic rings. The van der Waals surface area contributed by atoms with Crippen molar-refractivity contribution < 1.29 is 4.52 Å². The molecule has 0 spiro atoms. The van der Waals surface area contributed by atoms with Gasteiger partial charge >= 0.3 is 0 Å². The first-order valence-electron chi connectivity index (χ1n) is 4.59. The molecule has 2 aromatic heterocycles. The average molecular weight is 278 g/mol. The topological polar surface area (TPSA) is 64.9 Å². The number of aromatic nitrogens is 2. The lowest BCUT2D eigenvalue weighted by Crippen LogP contribution is -2.18. The van der Waals surface area contributed by atoms with E-state index in [2.05, 4.69) is 10.1 Å². The minimum atomic E-state index is -0.00742. The molecule has 7 heteroatoms. The van der Waals surface area contributed by atoms with Crippen molar-refractivity contribution in [2.45, 2.75) is 19.4 Å². The molecule has 0 aliphatic rings. The van der Waals surface area contributed by atoms with Crippen LogP contribution in [0.2, 0.25) is 8.67 Å². The zero-order valence-corrected chi connectivity index (χ0v) is 10.7. The van der Waals surface area contributed by atoms with Crippen molar-refractivity contribution in [1.29, 1.82) is 0 Å². The summed E-state index contributed by atoms with van der Waals surface area (Å²) in [7, 11) is 0. The molecule has 16 heavy (non-hydrogen) atoms. The molecular weight excluding hydrogens is 269 g/mol. The number of thiophene rings is 1. The highest BCUT2D eigenvalue weighted by Crippen LogP contribution is 2.37. The number of halogens is 2. The van der Waals surface area contributed by atoms with E-state index in [0.717, 1.165) is 0 Å². The van der Waals surface area contributed by atoms with Crippen LogP contribution in [0.3, 0.4) is 0 Å². The molecule has 2 heterocycles. The molecule has 0 aromatic carbocycles. The molecule has 4 nitrogen and oxygen atoms in total. The van der Waals surface area contributed by atoms with E-state index in [0.29, 0.717) is 32.4 Å². The molecule has 0 bridgehead atoms. The van der Waals surface area contributed by atoms with Gasteiger partial charge in [-0.2, -0.15) is 4.98 Å². The summed E-state index contributed by atoms with van der Waals surface area (Å²) in [5.41, 5.74) is 6.31. The van der Waals surface area contributed by atoms with E-state index >= 15 is 0 Å². The Morgan fingerprint density at radius 3 is 2.88 bits per heavy atom. The summed E-state index contributed by atoms with van der Waals surface area (Å²) in [6.07, 6.45) is 0.568. The lowest BCUT2D eigenvalue weighted by Gasteiger charge is -1.96. The van der Waals surface area contributed by atoms with Crippen molar-refractivity contribution in [3.8, 4) is 11.5 Å². The van der Waals surface area contributed by atoms with Gasteiger partial charge in [-0.3, -0.25) is 0 Å². The van der Waals surface area contributed by atoms with Crippen molar-refractivity contribution in [2.24, 2.45) is 5.73 Å². The van der Waals surface area contributed by atoms with Crippen LogP contribution < -0.4 is 5.73 Å². The molecule has 86 valence electrons. The van der Waals surface area contributed by atoms with Gasteiger partial charge in [-0.1, -0.05) is 28.4 Å². The van der Waals surface area contributed by atoms with Crippen molar-refractivity contribution in [1.82, 2.24) is 10.1 Å². The van der Waals surface area contributed by atoms with E-state index < -0.39 is 0 Å². The van der Waals surface area contributed by atoms with Gasteiger partial charge in [0.15, 0.2) is 5.82 Å². The van der Waals surface area contributed by atoms with E-state index in [9.17, 15) is 0 Å². The quantitative estimate of drug-likeness (QED) is 0.937. The highest BCUT2D eigenvalue weighted by atomic mass is 35.5. The lowest BCUT2D eigenvalue weighted by molar-refractivity contribution is 0.420. The standard InChI is InChI=1S/C9H9Cl2N3OS/c1-4(12)2-7-13-9(15-14-7)5-3-6(10)16-8(5)11/h3-4H,2,12H2,1H3. The molecule has 2 N–H and O–H groups in total. The second kappa shape index (κ2) is 4.71. The third-order valence-electron chi connectivity index (χ3n) is 1.86. The second-order valence-corrected chi connectivity index (χ2v) is 5.72. The average Bonchev–Trinajstić information content (AvgIpc) is 2.72. The van der Waals surface area contributed by atoms with Crippen LogP contribution in [0.25, 0.3) is 11.5 Å². The lowest BCUT2D eigenvalue weighted by atomic mass is 10.2. The Kier molecular flexibility index (Phi) is 3.49. The molecule has 0 aliphatic heterocycles. The highest BCUT2D eigenvalue weighted by Gasteiger charge is 2.15. The fourth-order valence-corrected chi connectivity index (χ4v) is 2.67. The van der Waals surface area contributed by atoms with Gasteiger partial charge in [0, 0.05) is 12.5 Å². The molecule has 0 saturated heterocycles. The van der Waals surface area contributed by atoms with Crippen molar-refractivity contribution in [3.05, 3.63) is 20.6 Å². The first-order valence-corrected chi connectivity index (χ1v) is 6.17. The molecule has 0 radical (unpaired) electrons. The Morgan fingerprint density at radius 1 is 1.56 bits per heavy atom. The second-order valence-electron chi connectivity index (χ2n) is 3.44. The van der Waals surface area contributed by atoms with Gasteiger partial charge < -0.3 is 10.3 Å². The monoisotopic (exact) mass is 277 g/mol. The molecule has 0 aliphatic carbocycles. The Morgan fingerprint density at radius 2 is 2.31 bits per heavy atom. The Bertz CT molecular complexity index is 495. The summed E-state index contributed by atoms with van der Waals surface area (Å²) >= 11 is 13.1. The molecule has 1 unspecified atom stereocenters. The van der Waals surface area contributed by atoms with E-state index in [1.54, 1.807) is 6.07 Å².